The van der Waals surface area contributed by atoms with Crippen LogP contribution in [-0.2, 0) is 11.2 Å². The number of aryl methyl sites for hydroxylation is 1. The fourth-order valence-corrected chi connectivity index (χ4v) is 2.24. The third kappa shape index (κ3) is 3.95. The molecular weight excluding hydrogens is 306 g/mol. The van der Waals surface area contributed by atoms with Crippen LogP contribution in [-0.4, -0.2) is 33.2 Å². The number of hydrogen-bond acceptors (Lipinski definition) is 5. The number of carbonyl (C=O) groups is 1. The summed E-state index contributed by atoms with van der Waals surface area (Å²) in [5.74, 6) is 1.57. The minimum absolute atomic E-state index is 0.129. The van der Waals surface area contributed by atoms with Gasteiger partial charge < -0.3 is 9.72 Å². The lowest BCUT2D eigenvalue weighted by molar-refractivity contribution is -0.116. The van der Waals surface area contributed by atoms with E-state index in [9.17, 15) is 4.79 Å². The van der Waals surface area contributed by atoms with Crippen molar-refractivity contribution >= 4 is 11.9 Å². The van der Waals surface area contributed by atoms with Gasteiger partial charge in [0, 0.05) is 24.4 Å². The molecule has 3 aromatic rings. The quantitative estimate of drug-likeness (QED) is 0.727. The zero-order valence-electron chi connectivity index (χ0n) is 13.2. The van der Waals surface area contributed by atoms with Crippen molar-refractivity contribution in [2.75, 3.05) is 12.4 Å². The molecular formula is C17H17N5O2. The van der Waals surface area contributed by atoms with Gasteiger partial charge in [0.25, 0.3) is 0 Å². The van der Waals surface area contributed by atoms with Gasteiger partial charge in [-0.15, -0.1) is 10.2 Å². The van der Waals surface area contributed by atoms with Crippen LogP contribution in [0.1, 0.15) is 12.0 Å². The van der Waals surface area contributed by atoms with Gasteiger partial charge in [-0.25, -0.2) is 0 Å². The van der Waals surface area contributed by atoms with E-state index in [-0.39, 0.29) is 5.91 Å². The van der Waals surface area contributed by atoms with E-state index in [0.29, 0.717) is 24.6 Å². The largest absolute Gasteiger partial charge is 0.497 e. The van der Waals surface area contributed by atoms with E-state index in [1.807, 2.05) is 36.4 Å². The third-order valence-electron chi connectivity index (χ3n) is 3.47. The molecule has 0 saturated carbocycles. The van der Waals surface area contributed by atoms with Gasteiger partial charge >= 0.3 is 0 Å². The molecule has 122 valence electrons. The number of benzene rings is 1. The van der Waals surface area contributed by atoms with E-state index in [1.165, 1.54) is 0 Å². The van der Waals surface area contributed by atoms with Crippen LogP contribution in [0.4, 0.5) is 5.95 Å². The summed E-state index contributed by atoms with van der Waals surface area (Å²) in [6.07, 6.45) is 4.31. The molecule has 0 aliphatic heterocycles. The lowest BCUT2D eigenvalue weighted by atomic mass is 10.1. The molecule has 0 unspecified atom stereocenters. The van der Waals surface area contributed by atoms with Crippen molar-refractivity contribution < 1.29 is 9.53 Å². The number of aromatic nitrogens is 4. The lowest BCUT2D eigenvalue weighted by Gasteiger charge is -2.04. The van der Waals surface area contributed by atoms with Crippen molar-refractivity contribution in [1.29, 1.82) is 0 Å². The number of H-pyrrole nitrogens is 1. The highest BCUT2D eigenvalue weighted by Crippen LogP contribution is 2.16. The highest BCUT2D eigenvalue weighted by molar-refractivity contribution is 5.89. The number of anilines is 1. The number of amides is 1. The van der Waals surface area contributed by atoms with Crippen molar-refractivity contribution in [3.05, 3.63) is 54.4 Å². The molecule has 7 nitrogen and oxygen atoms in total. The monoisotopic (exact) mass is 323 g/mol. The van der Waals surface area contributed by atoms with E-state index >= 15 is 0 Å². The second-order valence-corrected chi connectivity index (χ2v) is 5.16. The zero-order chi connectivity index (χ0) is 16.8. The number of nitrogens with one attached hydrogen (secondary N) is 2. The van der Waals surface area contributed by atoms with Gasteiger partial charge in [-0.2, -0.15) is 0 Å². The van der Waals surface area contributed by atoms with E-state index in [1.54, 1.807) is 19.5 Å². The summed E-state index contributed by atoms with van der Waals surface area (Å²) in [6, 6.07) is 11.3. The van der Waals surface area contributed by atoms with E-state index < -0.39 is 0 Å². The molecule has 2 aromatic heterocycles. The Morgan fingerprint density at radius 1 is 1.21 bits per heavy atom. The second kappa shape index (κ2) is 7.36. The van der Waals surface area contributed by atoms with Gasteiger partial charge in [-0.05, 0) is 36.2 Å². The SMILES string of the molecule is COc1cccc(CCC(=O)Nc2nnc(-c3ccncc3)[nH]2)c1. The molecule has 0 spiro atoms. The summed E-state index contributed by atoms with van der Waals surface area (Å²) < 4.78 is 5.17. The number of aromatic amines is 1. The van der Waals surface area contributed by atoms with Crippen LogP contribution in [0.15, 0.2) is 48.8 Å². The third-order valence-corrected chi connectivity index (χ3v) is 3.47. The smallest absolute Gasteiger partial charge is 0.228 e. The van der Waals surface area contributed by atoms with Crippen LogP contribution >= 0.6 is 0 Å². The van der Waals surface area contributed by atoms with Gasteiger partial charge in [0.05, 0.1) is 7.11 Å². The maximum Gasteiger partial charge on any atom is 0.228 e. The van der Waals surface area contributed by atoms with Crippen LogP contribution in [0.25, 0.3) is 11.4 Å². The summed E-state index contributed by atoms with van der Waals surface area (Å²) in [6.45, 7) is 0. The van der Waals surface area contributed by atoms with E-state index in [2.05, 4.69) is 25.5 Å². The van der Waals surface area contributed by atoms with E-state index in [4.69, 9.17) is 4.74 Å². The molecule has 0 radical (unpaired) electrons. The predicted molar refractivity (Wildman–Crippen MR) is 89.6 cm³/mol. The molecule has 0 aliphatic rings. The normalized spacial score (nSPS) is 10.4. The maximum atomic E-state index is 12.0. The number of rotatable bonds is 6. The first kappa shape index (κ1) is 15.7. The molecule has 7 heteroatoms. The van der Waals surface area contributed by atoms with Gasteiger partial charge in [-0.1, -0.05) is 12.1 Å². The van der Waals surface area contributed by atoms with Crippen LogP contribution in [0.3, 0.4) is 0 Å². The number of hydrogen-bond donors (Lipinski definition) is 2. The van der Waals surface area contributed by atoms with Crippen LogP contribution in [0.2, 0.25) is 0 Å². The molecule has 3 rings (SSSR count). The summed E-state index contributed by atoms with van der Waals surface area (Å²) in [4.78, 5) is 19.0. The average Bonchev–Trinajstić information content (AvgIpc) is 3.09. The van der Waals surface area contributed by atoms with Crippen molar-refractivity contribution in [3.63, 3.8) is 0 Å². The number of methoxy groups -OCH3 is 1. The van der Waals surface area contributed by atoms with E-state index in [0.717, 1.165) is 16.9 Å². The van der Waals surface area contributed by atoms with Crippen LogP contribution < -0.4 is 10.1 Å². The van der Waals surface area contributed by atoms with Gasteiger partial charge in [-0.3, -0.25) is 15.1 Å². The molecule has 0 bridgehead atoms. The summed E-state index contributed by atoms with van der Waals surface area (Å²) in [5, 5.41) is 10.7. The zero-order valence-corrected chi connectivity index (χ0v) is 13.2. The first-order valence-electron chi connectivity index (χ1n) is 7.50. The molecule has 24 heavy (non-hydrogen) atoms. The first-order chi connectivity index (χ1) is 11.7. The lowest BCUT2D eigenvalue weighted by Crippen LogP contribution is -2.13. The Balaban J connectivity index is 1.56. The Morgan fingerprint density at radius 2 is 2.04 bits per heavy atom. The fraction of sp³-hybridized carbons (Fsp3) is 0.176. The van der Waals surface area contributed by atoms with Crippen molar-refractivity contribution in [1.82, 2.24) is 20.2 Å². The van der Waals surface area contributed by atoms with Crippen molar-refractivity contribution in [3.8, 4) is 17.1 Å². The highest BCUT2D eigenvalue weighted by Gasteiger charge is 2.09. The number of carbonyl (C=O) groups excluding carboxylic acids is 1. The van der Waals surface area contributed by atoms with Gasteiger partial charge in [0.15, 0.2) is 5.82 Å². The Morgan fingerprint density at radius 3 is 2.83 bits per heavy atom. The number of pyridine rings is 1. The fourth-order valence-electron chi connectivity index (χ4n) is 2.24. The molecule has 0 saturated heterocycles. The molecule has 1 amide bonds. The Bertz CT molecular complexity index is 817. The standard InChI is InChI=1S/C17H17N5O2/c1-24-14-4-2-3-12(11-14)5-6-15(23)19-17-20-16(21-22-17)13-7-9-18-10-8-13/h2-4,7-11H,5-6H2,1H3,(H2,19,20,21,22,23). The number of ether oxygens (including phenoxy) is 1. The Hall–Kier alpha value is -3.22. The predicted octanol–water partition coefficient (Wildman–Crippen LogP) is 2.45. The summed E-state index contributed by atoms with van der Waals surface area (Å²) >= 11 is 0. The average molecular weight is 323 g/mol. The summed E-state index contributed by atoms with van der Waals surface area (Å²) in [7, 11) is 1.62. The van der Waals surface area contributed by atoms with Crippen molar-refractivity contribution in [2.24, 2.45) is 0 Å². The van der Waals surface area contributed by atoms with Crippen LogP contribution in [0.5, 0.6) is 5.75 Å². The molecule has 2 N–H and O–H groups in total. The van der Waals surface area contributed by atoms with Crippen molar-refractivity contribution in [2.45, 2.75) is 12.8 Å². The molecule has 0 aliphatic carbocycles. The minimum atomic E-state index is -0.129. The highest BCUT2D eigenvalue weighted by atomic mass is 16.5. The molecule has 0 atom stereocenters. The molecule has 0 fully saturated rings. The van der Waals surface area contributed by atoms with Gasteiger partial charge in [0.1, 0.15) is 5.75 Å². The Kier molecular flexibility index (Phi) is 4.81. The molecule has 2 heterocycles. The second-order valence-electron chi connectivity index (χ2n) is 5.16. The number of nitrogens with zero attached hydrogens (tertiary/aromatic N) is 3. The topological polar surface area (TPSA) is 92.8 Å². The van der Waals surface area contributed by atoms with Crippen LogP contribution in [0, 0.1) is 0 Å². The maximum absolute atomic E-state index is 12.0. The Labute approximate surface area is 139 Å². The first-order valence-corrected chi connectivity index (χ1v) is 7.50. The van der Waals surface area contributed by atoms with Gasteiger partial charge in [0.2, 0.25) is 11.9 Å². The summed E-state index contributed by atoms with van der Waals surface area (Å²) in [5.41, 5.74) is 1.90. The minimum Gasteiger partial charge on any atom is -0.497 e. The molecule has 1 aromatic carbocycles.